The van der Waals surface area contributed by atoms with Gasteiger partial charge < -0.3 is 5.11 Å². The standard InChI is InChI=1S/C13H17ClFNO/c1-9(2)13(17)7-16(8-13)6-10-11(14)4-3-5-12(10)15/h3-5,9,17H,6-8H2,1-2H3. The molecule has 1 saturated heterocycles. The van der Waals surface area contributed by atoms with Crippen LogP contribution < -0.4 is 0 Å². The summed E-state index contributed by atoms with van der Waals surface area (Å²) in [6.07, 6.45) is 0. The van der Waals surface area contributed by atoms with Gasteiger partial charge in [0, 0.05) is 30.2 Å². The molecule has 17 heavy (non-hydrogen) atoms. The molecule has 94 valence electrons. The third-order valence-electron chi connectivity index (χ3n) is 3.51. The monoisotopic (exact) mass is 257 g/mol. The Balaban J connectivity index is 2.01. The number of hydrogen-bond donors (Lipinski definition) is 1. The molecule has 2 nitrogen and oxygen atoms in total. The zero-order chi connectivity index (χ0) is 12.6. The topological polar surface area (TPSA) is 23.5 Å². The van der Waals surface area contributed by atoms with E-state index in [0.29, 0.717) is 30.2 Å². The number of halogens is 2. The summed E-state index contributed by atoms with van der Waals surface area (Å²) in [7, 11) is 0. The fourth-order valence-electron chi connectivity index (χ4n) is 2.11. The van der Waals surface area contributed by atoms with Crippen molar-refractivity contribution in [2.45, 2.75) is 26.0 Å². The molecule has 4 heteroatoms. The Kier molecular flexibility index (Phi) is 3.43. The van der Waals surface area contributed by atoms with Crippen molar-refractivity contribution in [3.63, 3.8) is 0 Å². The Morgan fingerprint density at radius 2 is 2.12 bits per heavy atom. The smallest absolute Gasteiger partial charge is 0.129 e. The van der Waals surface area contributed by atoms with Crippen LogP contribution >= 0.6 is 11.6 Å². The van der Waals surface area contributed by atoms with Gasteiger partial charge in [-0.25, -0.2) is 4.39 Å². The highest BCUT2D eigenvalue weighted by atomic mass is 35.5. The lowest BCUT2D eigenvalue weighted by atomic mass is 9.83. The fourth-order valence-corrected chi connectivity index (χ4v) is 2.33. The van der Waals surface area contributed by atoms with Gasteiger partial charge in [0.2, 0.25) is 0 Å². The first-order valence-electron chi connectivity index (χ1n) is 5.80. The average Bonchev–Trinajstić information content (AvgIpc) is 2.20. The van der Waals surface area contributed by atoms with E-state index < -0.39 is 5.60 Å². The second-order valence-corrected chi connectivity index (χ2v) is 5.51. The van der Waals surface area contributed by atoms with E-state index in [-0.39, 0.29) is 11.7 Å². The minimum Gasteiger partial charge on any atom is -0.387 e. The molecule has 1 heterocycles. The summed E-state index contributed by atoms with van der Waals surface area (Å²) >= 11 is 5.96. The van der Waals surface area contributed by atoms with Crippen molar-refractivity contribution in [3.05, 3.63) is 34.6 Å². The van der Waals surface area contributed by atoms with Crippen molar-refractivity contribution in [2.75, 3.05) is 13.1 Å². The Hall–Kier alpha value is -0.640. The number of aliphatic hydroxyl groups is 1. The van der Waals surface area contributed by atoms with Gasteiger partial charge >= 0.3 is 0 Å². The molecule has 0 unspecified atom stereocenters. The summed E-state index contributed by atoms with van der Waals surface area (Å²) in [4.78, 5) is 2.00. The molecule has 1 fully saturated rings. The Bertz CT molecular complexity index is 396. The van der Waals surface area contributed by atoms with Crippen molar-refractivity contribution in [2.24, 2.45) is 5.92 Å². The normalized spacial score (nSPS) is 19.4. The maximum absolute atomic E-state index is 13.5. The minimum atomic E-state index is -0.627. The zero-order valence-electron chi connectivity index (χ0n) is 10.1. The molecule has 1 aliphatic heterocycles. The van der Waals surface area contributed by atoms with E-state index in [1.54, 1.807) is 12.1 Å². The second kappa shape index (κ2) is 4.56. The molecule has 0 radical (unpaired) electrons. The molecule has 0 atom stereocenters. The first-order valence-corrected chi connectivity index (χ1v) is 6.18. The summed E-state index contributed by atoms with van der Waals surface area (Å²) in [5.74, 6) is -0.0627. The first-order chi connectivity index (χ1) is 7.92. The van der Waals surface area contributed by atoms with Crippen LogP contribution in [0.3, 0.4) is 0 Å². The SMILES string of the molecule is CC(C)C1(O)CN(Cc2c(F)cccc2Cl)C1. The molecule has 0 amide bonds. The molecule has 1 aliphatic rings. The first kappa shape index (κ1) is 12.8. The number of β-amino-alcohol motifs (C(OH)–C–C–N with tert-alkyl or cyclic N) is 1. The minimum absolute atomic E-state index is 0.217. The maximum Gasteiger partial charge on any atom is 0.129 e. The molecule has 1 N–H and O–H groups in total. The second-order valence-electron chi connectivity index (χ2n) is 5.10. The van der Waals surface area contributed by atoms with Crippen molar-refractivity contribution in [1.82, 2.24) is 4.90 Å². The molecule has 1 aromatic carbocycles. The molecule has 0 aromatic heterocycles. The zero-order valence-corrected chi connectivity index (χ0v) is 10.8. The van der Waals surface area contributed by atoms with Gasteiger partial charge in [-0.3, -0.25) is 4.90 Å². The average molecular weight is 258 g/mol. The summed E-state index contributed by atoms with van der Waals surface area (Å²) in [6, 6.07) is 4.70. The quantitative estimate of drug-likeness (QED) is 0.900. The van der Waals surface area contributed by atoms with Crippen molar-refractivity contribution < 1.29 is 9.50 Å². The highest BCUT2D eigenvalue weighted by Gasteiger charge is 2.43. The van der Waals surface area contributed by atoms with E-state index in [4.69, 9.17) is 11.6 Å². The summed E-state index contributed by atoms with van der Waals surface area (Å²) < 4.78 is 13.5. The van der Waals surface area contributed by atoms with E-state index in [0.717, 1.165) is 0 Å². The van der Waals surface area contributed by atoms with Crippen LogP contribution in [0.1, 0.15) is 19.4 Å². The van der Waals surface area contributed by atoms with Crippen molar-refractivity contribution >= 4 is 11.6 Å². The fraction of sp³-hybridized carbons (Fsp3) is 0.538. The van der Waals surface area contributed by atoms with Crippen LogP contribution in [0.2, 0.25) is 5.02 Å². The van der Waals surface area contributed by atoms with Gasteiger partial charge in [0.25, 0.3) is 0 Å². The Labute approximate surface area is 106 Å². The lowest BCUT2D eigenvalue weighted by Crippen LogP contribution is -2.63. The van der Waals surface area contributed by atoms with Crippen LogP contribution in [0.4, 0.5) is 4.39 Å². The van der Waals surface area contributed by atoms with E-state index in [1.807, 2.05) is 18.7 Å². The van der Waals surface area contributed by atoms with Crippen molar-refractivity contribution in [3.8, 4) is 0 Å². The molecule has 0 saturated carbocycles. The van der Waals surface area contributed by atoms with Crippen LogP contribution in [0.15, 0.2) is 18.2 Å². The predicted octanol–water partition coefficient (Wildman–Crippen LogP) is 2.68. The number of likely N-dealkylation sites (tertiary alicyclic amines) is 1. The van der Waals surface area contributed by atoms with Crippen molar-refractivity contribution in [1.29, 1.82) is 0 Å². The number of nitrogens with zero attached hydrogens (tertiary/aromatic N) is 1. The van der Waals surface area contributed by atoms with Crippen LogP contribution in [-0.4, -0.2) is 28.7 Å². The molecule has 0 aliphatic carbocycles. The van der Waals surface area contributed by atoms with Crippen LogP contribution in [0, 0.1) is 11.7 Å². The number of benzene rings is 1. The third-order valence-corrected chi connectivity index (χ3v) is 3.87. The van der Waals surface area contributed by atoms with Crippen LogP contribution in [0.5, 0.6) is 0 Å². The Morgan fingerprint density at radius 3 is 2.65 bits per heavy atom. The number of hydrogen-bond acceptors (Lipinski definition) is 2. The maximum atomic E-state index is 13.5. The largest absolute Gasteiger partial charge is 0.387 e. The molecule has 2 rings (SSSR count). The van der Waals surface area contributed by atoms with Gasteiger partial charge in [0.15, 0.2) is 0 Å². The van der Waals surface area contributed by atoms with E-state index >= 15 is 0 Å². The van der Waals surface area contributed by atoms with Gasteiger partial charge in [-0.1, -0.05) is 31.5 Å². The number of rotatable bonds is 3. The summed E-state index contributed by atoms with van der Waals surface area (Å²) in [5, 5.41) is 10.6. The predicted molar refractivity (Wildman–Crippen MR) is 66.5 cm³/mol. The van der Waals surface area contributed by atoms with E-state index in [1.165, 1.54) is 6.07 Å². The highest BCUT2D eigenvalue weighted by molar-refractivity contribution is 6.31. The molecular formula is C13H17ClFNO. The third kappa shape index (κ3) is 2.46. The summed E-state index contributed by atoms with van der Waals surface area (Å²) in [5.41, 5.74) is -0.113. The Morgan fingerprint density at radius 1 is 1.47 bits per heavy atom. The van der Waals surface area contributed by atoms with Crippen LogP contribution in [0.25, 0.3) is 0 Å². The lowest BCUT2D eigenvalue weighted by Gasteiger charge is -2.49. The summed E-state index contributed by atoms with van der Waals surface area (Å²) in [6.45, 7) is 5.60. The van der Waals surface area contributed by atoms with Gasteiger partial charge in [-0.15, -0.1) is 0 Å². The lowest BCUT2D eigenvalue weighted by molar-refractivity contribution is -0.131. The van der Waals surface area contributed by atoms with Gasteiger partial charge in [-0.2, -0.15) is 0 Å². The van der Waals surface area contributed by atoms with E-state index in [2.05, 4.69) is 0 Å². The van der Waals surface area contributed by atoms with Crippen LogP contribution in [-0.2, 0) is 6.54 Å². The molecular weight excluding hydrogens is 241 g/mol. The van der Waals surface area contributed by atoms with E-state index in [9.17, 15) is 9.50 Å². The molecule has 1 aromatic rings. The molecule has 0 bridgehead atoms. The van der Waals surface area contributed by atoms with Gasteiger partial charge in [-0.05, 0) is 18.1 Å². The molecule has 0 spiro atoms. The van der Waals surface area contributed by atoms with Gasteiger partial charge in [0.1, 0.15) is 5.82 Å². The highest BCUT2D eigenvalue weighted by Crippen LogP contribution is 2.31. The van der Waals surface area contributed by atoms with Gasteiger partial charge in [0.05, 0.1) is 5.60 Å².